The van der Waals surface area contributed by atoms with E-state index in [1.54, 1.807) is 4.68 Å². The molecule has 1 aromatic rings. The standard InChI is InChI=1S/C12H23N5O/c1-12(2,11(13)16-18)7-4-5-8-14-10-6-9-17(3)15-10/h6,9,18H,4-5,7-8H2,1-3H3,(H2,13,16)(H,14,15). The molecule has 0 radical (unpaired) electrons. The Bertz CT molecular complexity index is 397. The summed E-state index contributed by atoms with van der Waals surface area (Å²) in [6, 6.07) is 1.94. The molecule has 1 aromatic heterocycles. The summed E-state index contributed by atoms with van der Waals surface area (Å²) in [7, 11) is 1.89. The molecule has 0 atom stereocenters. The summed E-state index contributed by atoms with van der Waals surface area (Å²) in [4.78, 5) is 0. The van der Waals surface area contributed by atoms with Crippen LogP contribution in [0.15, 0.2) is 17.4 Å². The Morgan fingerprint density at radius 1 is 1.56 bits per heavy atom. The predicted molar refractivity (Wildman–Crippen MR) is 72.7 cm³/mol. The number of aromatic nitrogens is 2. The summed E-state index contributed by atoms with van der Waals surface area (Å²) in [5.41, 5.74) is 5.38. The fourth-order valence-electron chi connectivity index (χ4n) is 1.68. The zero-order valence-corrected chi connectivity index (χ0v) is 11.3. The summed E-state index contributed by atoms with van der Waals surface area (Å²) in [6.07, 6.45) is 4.85. The van der Waals surface area contributed by atoms with Crippen LogP contribution in [0.25, 0.3) is 0 Å². The summed E-state index contributed by atoms with van der Waals surface area (Å²) < 4.78 is 1.77. The van der Waals surface area contributed by atoms with E-state index in [1.807, 2.05) is 33.2 Å². The van der Waals surface area contributed by atoms with Gasteiger partial charge in [-0.05, 0) is 12.8 Å². The molecular formula is C12H23N5O. The summed E-state index contributed by atoms with van der Waals surface area (Å²) in [5, 5.41) is 19.2. The largest absolute Gasteiger partial charge is 0.409 e. The smallest absolute Gasteiger partial charge is 0.147 e. The molecule has 0 aliphatic carbocycles. The Morgan fingerprint density at radius 3 is 2.83 bits per heavy atom. The van der Waals surface area contributed by atoms with Crippen molar-refractivity contribution >= 4 is 11.7 Å². The van der Waals surface area contributed by atoms with Crippen LogP contribution in [0.2, 0.25) is 0 Å². The average molecular weight is 253 g/mol. The zero-order valence-electron chi connectivity index (χ0n) is 11.3. The third-order valence-corrected chi connectivity index (χ3v) is 3.05. The minimum absolute atomic E-state index is 0.250. The van der Waals surface area contributed by atoms with E-state index < -0.39 is 0 Å². The quantitative estimate of drug-likeness (QED) is 0.227. The van der Waals surface area contributed by atoms with Crippen LogP contribution >= 0.6 is 0 Å². The van der Waals surface area contributed by atoms with E-state index in [0.29, 0.717) is 5.84 Å². The van der Waals surface area contributed by atoms with E-state index in [4.69, 9.17) is 10.9 Å². The number of hydrogen-bond acceptors (Lipinski definition) is 4. The molecule has 1 rings (SSSR count). The number of aryl methyl sites for hydroxylation is 1. The number of nitrogens with one attached hydrogen (secondary N) is 1. The van der Waals surface area contributed by atoms with Gasteiger partial charge in [-0.3, -0.25) is 4.68 Å². The van der Waals surface area contributed by atoms with E-state index in [2.05, 4.69) is 15.6 Å². The van der Waals surface area contributed by atoms with Gasteiger partial charge in [0, 0.05) is 31.3 Å². The van der Waals surface area contributed by atoms with Crippen LogP contribution in [-0.4, -0.2) is 27.4 Å². The average Bonchev–Trinajstić information content (AvgIpc) is 2.73. The van der Waals surface area contributed by atoms with Gasteiger partial charge < -0.3 is 16.3 Å². The monoisotopic (exact) mass is 253 g/mol. The molecule has 0 spiro atoms. The molecule has 102 valence electrons. The summed E-state index contributed by atoms with van der Waals surface area (Å²) in [6.45, 7) is 4.84. The van der Waals surface area contributed by atoms with Crippen LogP contribution in [0, 0.1) is 5.41 Å². The van der Waals surface area contributed by atoms with Gasteiger partial charge in [-0.2, -0.15) is 5.10 Å². The molecule has 4 N–H and O–H groups in total. The Morgan fingerprint density at radius 2 is 2.28 bits per heavy atom. The molecule has 0 aliphatic heterocycles. The second-order valence-electron chi connectivity index (χ2n) is 5.13. The van der Waals surface area contributed by atoms with Crippen molar-refractivity contribution in [1.82, 2.24) is 9.78 Å². The maximum Gasteiger partial charge on any atom is 0.147 e. The molecule has 0 bridgehead atoms. The lowest BCUT2D eigenvalue weighted by molar-refractivity contribution is 0.304. The predicted octanol–water partition coefficient (Wildman–Crippen LogP) is 1.77. The van der Waals surface area contributed by atoms with Crippen LogP contribution in [0.5, 0.6) is 0 Å². The van der Waals surface area contributed by atoms with Crippen LogP contribution in [0.1, 0.15) is 33.1 Å². The van der Waals surface area contributed by atoms with Crippen molar-refractivity contribution in [3.63, 3.8) is 0 Å². The van der Waals surface area contributed by atoms with Gasteiger partial charge in [0.2, 0.25) is 0 Å². The molecule has 0 saturated carbocycles. The first-order valence-electron chi connectivity index (χ1n) is 6.17. The van der Waals surface area contributed by atoms with E-state index in [-0.39, 0.29) is 5.41 Å². The Labute approximate surface area is 108 Å². The second-order valence-corrected chi connectivity index (χ2v) is 5.13. The SMILES string of the molecule is Cn1ccc(NCCCCC(C)(C)/C(N)=N/O)n1. The number of unbranched alkanes of at least 4 members (excludes halogenated alkanes) is 1. The maximum atomic E-state index is 8.66. The maximum absolute atomic E-state index is 8.66. The number of oxime groups is 1. The van der Waals surface area contributed by atoms with Crippen LogP contribution in [0.3, 0.4) is 0 Å². The number of rotatable bonds is 7. The normalized spacial score (nSPS) is 12.7. The molecule has 6 nitrogen and oxygen atoms in total. The van der Waals surface area contributed by atoms with E-state index in [1.165, 1.54) is 0 Å². The number of amidine groups is 1. The number of hydrogen-bond donors (Lipinski definition) is 3. The minimum atomic E-state index is -0.250. The molecule has 18 heavy (non-hydrogen) atoms. The molecule has 0 aliphatic rings. The second kappa shape index (κ2) is 6.28. The number of nitrogens with zero attached hydrogens (tertiary/aromatic N) is 3. The molecule has 0 saturated heterocycles. The highest BCUT2D eigenvalue weighted by atomic mass is 16.4. The van der Waals surface area contributed by atoms with Crippen molar-refractivity contribution in [2.75, 3.05) is 11.9 Å². The molecule has 1 heterocycles. The molecule has 0 aromatic carbocycles. The van der Waals surface area contributed by atoms with Gasteiger partial charge in [0.15, 0.2) is 0 Å². The van der Waals surface area contributed by atoms with Crippen molar-refractivity contribution in [2.24, 2.45) is 23.4 Å². The van der Waals surface area contributed by atoms with Crippen molar-refractivity contribution in [1.29, 1.82) is 0 Å². The van der Waals surface area contributed by atoms with Crippen molar-refractivity contribution in [3.8, 4) is 0 Å². The zero-order chi connectivity index (χ0) is 13.6. The first kappa shape index (κ1) is 14.3. The lowest BCUT2D eigenvalue weighted by Gasteiger charge is -2.22. The lowest BCUT2D eigenvalue weighted by Crippen LogP contribution is -2.31. The summed E-state index contributed by atoms with van der Waals surface area (Å²) in [5.74, 6) is 1.19. The van der Waals surface area contributed by atoms with Gasteiger partial charge in [0.1, 0.15) is 11.7 Å². The summed E-state index contributed by atoms with van der Waals surface area (Å²) >= 11 is 0. The van der Waals surface area contributed by atoms with Crippen molar-refractivity contribution in [3.05, 3.63) is 12.3 Å². The van der Waals surface area contributed by atoms with Gasteiger partial charge in [0.05, 0.1) is 0 Å². The highest BCUT2D eigenvalue weighted by molar-refractivity contribution is 5.85. The van der Waals surface area contributed by atoms with Crippen molar-refractivity contribution < 1.29 is 5.21 Å². The van der Waals surface area contributed by atoms with Crippen LogP contribution in [0.4, 0.5) is 5.82 Å². The van der Waals surface area contributed by atoms with Crippen LogP contribution in [-0.2, 0) is 7.05 Å². The highest BCUT2D eigenvalue weighted by Gasteiger charge is 2.22. The van der Waals surface area contributed by atoms with Gasteiger partial charge in [0.25, 0.3) is 0 Å². The van der Waals surface area contributed by atoms with Gasteiger partial charge in [-0.1, -0.05) is 25.4 Å². The lowest BCUT2D eigenvalue weighted by atomic mass is 9.86. The highest BCUT2D eigenvalue weighted by Crippen LogP contribution is 2.23. The van der Waals surface area contributed by atoms with Crippen LogP contribution < -0.4 is 11.1 Å². The Hall–Kier alpha value is -1.72. The fraction of sp³-hybridized carbons (Fsp3) is 0.667. The minimum Gasteiger partial charge on any atom is -0.409 e. The molecule has 6 heteroatoms. The molecule has 0 fully saturated rings. The van der Waals surface area contributed by atoms with E-state index in [9.17, 15) is 0 Å². The first-order chi connectivity index (χ1) is 8.45. The number of nitrogens with two attached hydrogens (primary N) is 1. The van der Waals surface area contributed by atoms with Gasteiger partial charge in [-0.25, -0.2) is 0 Å². The van der Waals surface area contributed by atoms with Crippen molar-refractivity contribution in [2.45, 2.75) is 33.1 Å². The van der Waals surface area contributed by atoms with E-state index in [0.717, 1.165) is 31.6 Å². The fourth-order valence-corrected chi connectivity index (χ4v) is 1.68. The van der Waals surface area contributed by atoms with Gasteiger partial charge >= 0.3 is 0 Å². The van der Waals surface area contributed by atoms with Gasteiger partial charge in [-0.15, -0.1) is 0 Å². The third-order valence-electron chi connectivity index (χ3n) is 3.05. The number of anilines is 1. The van der Waals surface area contributed by atoms with E-state index >= 15 is 0 Å². The first-order valence-corrected chi connectivity index (χ1v) is 6.17. The molecular weight excluding hydrogens is 230 g/mol. The topological polar surface area (TPSA) is 88.5 Å². The Balaban J connectivity index is 2.19. The third kappa shape index (κ3) is 4.27. The molecule has 0 unspecified atom stereocenters. The molecule has 0 amide bonds. The Kier molecular flexibility index (Phi) is 5.00.